The van der Waals surface area contributed by atoms with E-state index in [1.807, 2.05) is 0 Å². The number of aliphatic hydroxyl groups excluding tert-OH is 2. The summed E-state index contributed by atoms with van der Waals surface area (Å²) in [6, 6.07) is 0. The predicted octanol–water partition coefficient (Wildman–Crippen LogP) is -0.929. The van der Waals surface area contributed by atoms with Crippen molar-refractivity contribution >= 4 is 0 Å². The largest absolute Gasteiger partial charge is 0.389 e. The number of rotatable bonds is 3. The molecule has 0 aromatic carbocycles. The fourth-order valence-corrected chi connectivity index (χ4v) is 0.926. The molecule has 0 aliphatic carbocycles. The Morgan fingerprint density at radius 1 is 1.67 bits per heavy atom. The second-order valence-electron chi connectivity index (χ2n) is 2.67. The van der Waals surface area contributed by atoms with Crippen molar-refractivity contribution in [2.24, 2.45) is 5.73 Å². The monoisotopic (exact) mass is 171 g/mol. The molecule has 0 saturated carbocycles. The minimum Gasteiger partial charge on any atom is -0.389 e. The molecular formula is C7H13N3O2. The zero-order valence-electron chi connectivity index (χ0n) is 6.86. The Kier molecular flexibility index (Phi) is 2.80. The first-order chi connectivity index (χ1) is 5.65. The maximum absolute atomic E-state index is 9.40. The van der Waals surface area contributed by atoms with Gasteiger partial charge in [-0.2, -0.15) is 0 Å². The van der Waals surface area contributed by atoms with E-state index >= 15 is 0 Å². The molecule has 0 spiro atoms. The van der Waals surface area contributed by atoms with Gasteiger partial charge in [0.2, 0.25) is 0 Å². The highest BCUT2D eigenvalue weighted by Gasteiger charge is 2.17. The fraction of sp³-hybridized carbons (Fsp3) is 0.571. The number of aryl methyl sites for hydroxylation is 1. The number of aliphatic hydroxyl groups is 2. The summed E-state index contributed by atoms with van der Waals surface area (Å²) >= 11 is 0. The summed E-state index contributed by atoms with van der Waals surface area (Å²) in [4.78, 5) is 6.70. The second kappa shape index (κ2) is 3.66. The van der Waals surface area contributed by atoms with E-state index in [1.165, 1.54) is 6.20 Å². The summed E-state index contributed by atoms with van der Waals surface area (Å²) < 4.78 is 0. The van der Waals surface area contributed by atoms with Gasteiger partial charge in [-0.15, -0.1) is 0 Å². The van der Waals surface area contributed by atoms with E-state index in [2.05, 4.69) is 9.97 Å². The topological polar surface area (TPSA) is 95.2 Å². The molecule has 0 amide bonds. The van der Waals surface area contributed by atoms with E-state index in [4.69, 9.17) is 10.8 Å². The lowest BCUT2D eigenvalue weighted by Crippen LogP contribution is -2.27. The van der Waals surface area contributed by atoms with Crippen LogP contribution in [0.2, 0.25) is 0 Å². The Labute approximate surface area is 70.2 Å². The third kappa shape index (κ3) is 1.82. The minimum absolute atomic E-state index is 0.0270. The van der Waals surface area contributed by atoms with Gasteiger partial charge in [-0.1, -0.05) is 0 Å². The molecule has 0 fully saturated rings. The van der Waals surface area contributed by atoms with Gasteiger partial charge in [0, 0.05) is 6.54 Å². The summed E-state index contributed by atoms with van der Waals surface area (Å²) in [5, 5.41) is 18.6. The standard InChI is InChI=1S/C7H13N3O2/c1-4-9-3-5(10-4)7(12)6(11)2-8/h3,6-7,11-12H,2,8H2,1H3,(H,9,10). The minimum atomic E-state index is -0.976. The van der Waals surface area contributed by atoms with Crippen LogP contribution in [0.25, 0.3) is 0 Å². The molecular weight excluding hydrogens is 158 g/mol. The van der Waals surface area contributed by atoms with Crippen LogP contribution in [0.1, 0.15) is 17.6 Å². The van der Waals surface area contributed by atoms with Crippen molar-refractivity contribution in [1.29, 1.82) is 0 Å². The van der Waals surface area contributed by atoms with Gasteiger partial charge in [0.05, 0.1) is 18.0 Å². The molecule has 0 saturated heterocycles. The van der Waals surface area contributed by atoms with Gasteiger partial charge in [0.25, 0.3) is 0 Å². The number of nitrogens with zero attached hydrogens (tertiary/aromatic N) is 1. The number of hydrogen-bond donors (Lipinski definition) is 4. The molecule has 1 aromatic rings. The highest BCUT2D eigenvalue weighted by Crippen LogP contribution is 2.13. The van der Waals surface area contributed by atoms with Gasteiger partial charge in [-0.05, 0) is 6.92 Å². The zero-order valence-corrected chi connectivity index (χ0v) is 6.86. The highest BCUT2D eigenvalue weighted by atomic mass is 16.3. The SMILES string of the molecule is Cc1ncc(C(O)C(O)CN)[nH]1. The maximum atomic E-state index is 9.40. The molecule has 0 aliphatic heterocycles. The number of nitrogens with two attached hydrogens (primary N) is 1. The molecule has 1 rings (SSSR count). The van der Waals surface area contributed by atoms with Crippen molar-refractivity contribution in [3.63, 3.8) is 0 Å². The lowest BCUT2D eigenvalue weighted by atomic mass is 10.1. The molecule has 12 heavy (non-hydrogen) atoms. The highest BCUT2D eigenvalue weighted by molar-refractivity contribution is 5.05. The average Bonchev–Trinajstić information content (AvgIpc) is 2.49. The molecule has 5 heteroatoms. The second-order valence-corrected chi connectivity index (χ2v) is 2.67. The first-order valence-corrected chi connectivity index (χ1v) is 3.73. The van der Waals surface area contributed by atoms with Gasteiger partial charge < -0.3 is 20.9 Å². The third-order valence-electron chi connectivity index (χ3n) is 1.65. The van der Waals surface area contributed by atoms with Gasteiger partial charge in [-0.3, -0.25) is 0 Å². The Morgan fingerprint density at radius 3 is 2.75 bits per heavy atom. The van der Waals surface area contributed by atoms with Crippen LogP contribution in [-0.2, 0) is 0 Å². The lowest BCUT2D eigenvalue weighted by molar-refractivity contribution is 0.0219. The molecule has 2 unspecified atom stereocenters. The molecule has 0 radical (unpaired) electrons. The number of aromatic amines is 1. The number of hydrogen-bond acceptors (Lipinski definition) is 4. The molecule has 1 aromatic heterocycles. The van der Waals surface area contributed by atoms with Crippen LogP contribution in [0.15, 0.2) is 6.20 Å². The van der Waals surface area contributed by atoms with Crippen LogP contribution in [0, 0.1) is 6.92 Å². The Hall–Kier alpha value is -0.910. The van der Waals surface area contributed by atoms with Crippen molar-refractivity contribution in [1.82, 2.24) is 9.97 Å². The zero-order chi connectivity index (χ0) is 9.14. The van der Waals surface area contributed by atoms with Crippen molar-refractivity contribution in [2.75, 3.05) is 6.54 Å². The third-order valence-corrected chi connectivity index (χ3v) is 1.65. The Bertz CT molecular complexity index is 249. The quantitative estimate of drug-likeness (QED) is 0.472. The van der Waals surface area contributed by atoms with Crippen molar-refractivity contribution in [3.05, 3.63) is 17.7 Å². The Morgan fingerprint density at radius 2 is 2.33 bits per heavy atom. The van der Waals surface area contributed by atoms with Gasteiger partial charge in [0.1, 0.15) is 11.9 Å². The lowest BCUT2D eigenvalue weighted by Gasteiger charge is -2.13. The first kappa shape index (κ1) is 9.18. The van der Waals surface area contributed by atoms with Crippen LogP contribution in [0.5, 0.6) is 0 Å². The van der Waals surface area contributed by atoms with Gasteiger partial charge >= 0.3 is 0 Å². The van der Waals surface area contributed by atoms with Gasteiger partial charge in [0.15, 0.2) is 0 Å². The predicted molar refractivity (Wildman–Crippen MR) is 43.3 cm³/mol. The summed E-state index contributed by atoms with van der Waals surface area (Å²) in [5.41, 5.74) is 5.66. The van der Waals surface area contributed by atoms with Crippen LogP contribution >= 0.6 is 0 Å². The fourth-order valence-electron chi connectivity index (χ4n) is 0.926. The van der Waals surface area contributed by atoms with Crippen molar-refractivity contribution in [3.8, 4) is 0 Å². The molecule has 5 N–H and O–H groups in total. The van der Waals surface area contributed by atoms with E-state index in [1.54, 1.807) is 6.92 Å². The summed E-state index contributed by atoms with van der Waals surface area (Å²) in [6.07, 6.45) is -0.431. The van der Waals surface area contributed by atoms with Crippen LogP contribution in [0.3, 0.4) is 0 Å². The van der Waals surface area contributed by atoms with Crippen LogP contribution in [0.4, 0.5) is 0 Å². The molecule has 0 aliphatic rings. The van der Waals surface area contributed by atoms with Gasteiger partial charge in [-0.25, -0.2) is 4.98 Å². The van der Waals surface area contributed by atoms with Crippen LogP contribution < -0.4 is 5.73 Å². The molecule has 5 nitrogen and oxygen atoms in total. The summed E-state index contributed by atoms with van der Waals surface area (Å²) in [5.74, 6) is 0.702. The number of H-pyrrole nitrogens is 1. The normalized spacial score (nSPS) is 16.0. The summed E-state index contributed by atoms with van der Waals surface area (Å²) in [7, 11) is 0. The molecule has 2 atom stereocenters. The van der Waals surface area contributed by atoms with E-state index in [9.17, 15) is 5.11 Å². The molecule has 68 valence electrons. The molecule has 0 bridgehead atoms. The molecule has 1 heterocycles. The van der Waals surface area contributed by atoms with E-state index in [0.29, 0.717) is 11.5 Å². The average molecular weight is 171 g/mol. The van der Waals surface area contributed by atoms with E-state index in [-0.39, 0.29) is 6.54 Å². The first-order valence-electron chi connectivity index (χ1n) is 3.73. The Balaban J connectivity index is 2.70. The number of nitrogens with one attached hydrogen (secondary N) is 1. The maximum Gasteiger partial charge on any atom is 0.122 e. The number of aromatic nitrogens is 2. The van der Waals surface area contributed by atoms with Crippen molar-refractivity contribution < 1.29 is 10.2 Å². The van der Waals surface area contributed by atoms with E-state index in [0.717, 1.165) is 0 Å². The van der Waals surface area contributed by atoms with Crippen molar-refractivity contribution in [2.45, 2.75) is 19.1 Å². The number of imidazole rings is 1. The summed E-state index contributed by atoms with van der Waals surface area (Å²) in [6.45, 7) is 1.80. The smallest absolute Gasteiger partial charge is 0.122 e. The van der Waals surface area contributed by atoms with E-state index < -0.39 is 12.2 Å². The van der Waals surface area contributed by atoms with Crippen LogP contribution in [-0.4, -0.2) is 32.8 Å².